The molecule has 3 rings (SSSR count). The Bertz CT molecular complexity index is 743. The van der Waals surface area contributed by atoms with Crippen LogP contribution in [-0.4, -0.2) is 55.7 Å². The van der Waals surface area contributed by atoms with Crippen LogP contribution in [0, 0.1) is 5.82 Å². The van der Waals surface area contributed by atoms with E-state index >= 15 is 0 Å². The van der Waals surface area contributed by atoms with Crippen molar-refractivity contribution in [3.63, 3.8) is 0 Å². The van der Waals surface area contributed by atoms with E-state index in [1.807, 2.05) is 23.1 Å². The second-order valence-electron chi connectivity index (χ2n) is 6.68. The molecule has 27 heavy (non-hydrogen) atoms. The van der Waals surface area contributed by atoms with Gasteiger partial charge in [-0.3, -0.25) is 4.90 Å². The Kier molecular flexibility index (Phi) is 6.65. The topological polar surface area (TPSA) is 44.8 Å². The van der Waals surface area contributed by atoms with E-state index in [2.05, 4.69) is 16.3 Å². The van der Waals surface area contributed by atoms with Gasteiger partial charge in [-0.2, -0.15) is 0 Å². The van der Waals surface area contributed by atoms with Crippen molar-refractivity contribution < 1.29 is 13.9 Å². The Morgan fingerprint density at radius 3 is 2.48 bits per heavy atom. The number of para-hydroxylation sites is 1. The summed E-state index contributed by atoms with van der Waals surface area (Å²) in [7, 11) is 1.69. The van der Waals surface area contributed by atoms with Gasteiger partial charge in [-0.25, -0.2) is 9.18 Å². The Labute approximate surface area is 159 Å². The van der Waals surface area contributed by atoms with Crippen molar-refractivity contribution >= 4 is 6.03 Å². The molecule has 0 spiro atoms. The molecule has 0 unspecified atom stereocenters. The van der Waals surface area contributed by atoms with Crippen LogP contribution in [0.25, 0.3) is 0 Å². The minimum atomic E-state index is -0.242. The standard InChI is InChI=1S/C21H26FN3O2/c1-27-20-5-3-2-4-18(20)16-24-12-14-25(15-13-24)21(26)23-11-10-17-6-8-19(22)9-7-17/h2-9H,10-16H2,1H3,(H,23,26). The van der Waals surface area contributed by atoms with E-state index in [1.165, 1.54) is 12.1 Å². The zero-order chi connectivity index (χ0) is 19.1. The first-order valence-electron chi connectivity index (χ1n) is 9.27. The highest BCUT2D eigenvalue weighted by molar-refractivity contribution is 5.74. The van der Waals surface area contributed by atoms with Crippen molar-refractivity contribution in [3.8, 4) is 5.75 Å². The molecule has 1 fully saturated rings. The number of carbonyl (C=O) groups excluding carboxylic acids is 1. The predicted octanol–water partition coefficient (Wildman–Crippen LogP) is 2.90. The van der Waals surface area contributed by atoms with Crippen LogP contribution in [0.5, 0.6) is 5.75 Å². The number of nitrogens with one attached hydrogen (secondary N) is 1. The van der Waals surface area contributed by atoms with Gasteiger partial charge < -0.3 is 15.0 Å². The summed E-state index contributed by atoms with van der Waals surface area (Å²) in [5.74, 6) is 0.659. The molecule has 2 amide bonds. The van der Waals surface area contributed by atoms with Gasteiger partial charge in [0.25, 0.3) is 0 Å². The zero-order valence-electron chi connectivity index (χ0n) is 15.7. The summed E-state index contributed by atoms with van der Waals surface area (Å²) < 4.78 is 18.3. The smallest absolute Gasteiger partial charge is 0.317 e. The van der Waals surface area contributed by atoms with Crippen molar-refractivity contribution in [3.05, 3.63) is 65.5 Å². The molecule has 1 saturated heterocycles. The van der Waals surface area contributed by atoms with Gasteiger partial charge in [0.05, 0.1) is 7.11 Å². The van der Waals surface area contributed by atoms with E-state index in [0.29, 0.717) is 26.1 Å². The number of hydrogen-bond donors (Lipinski definition) is 1. The monoisotopic (exact) mass is 371 g/mol. The molecule has 0 bridgehead atoms. The first kappa shape index (κ1) is 19.2. The van der Waals surface area contributed by atoms with Gasteiger partial charge in [-0.05, 0) is 30.2 Å². The van der Waals surface area contributed by atoms with E-state index in [4.69, 9.17) is 4.74 Å². The number of urea groups is 1. The maximum atomic E-state index is 12.9. The Hall–Kier alpha value is -2.60. The highest BCUT2D eigenvalue weighted by atomic mass is 19.1. The number of methoxy groups -OCH3 is 1. The molecule has 144 valence electrons. The van der Waals surface area contributed by atoms with Crippen molar-refractivity contribution in [2.24, 2.45) is 0 Å². The molecule has 5 nitrogen and oxygen atoms in total. The molecule has 1 N–H and O–H groups in total. The van der Waals surface area contributed by atoms with Crippen molar-refractivity contribution in [1.29, 1.82) is 0 Å². The quantitative estimate of drug-likeness (QED) is 0.849. The van der Waals surface area contributed by atoms with E-state index in [-0.39, 0.29) is 11.8 Å². The van der Waals surface area contributed by atoms with E-state index in [9.17, 15) is 9.18 Å². The third-order valence-electron chi connectivity index (χ3n) is 4.85. The van der Waals surface area contributed by atoms with Gasteiger partial charge in [-0.1, -0.05) is 30.3 Å². The molecule has 0 saturated carbocycles. The second-order valence-corrected chi connectivity index (χ2v) is 6.68. The maximum absolute atomic E-state index is 12.9. The molecule has 1 heterocycles. The van der Waals surface area contributed by atoms with E-state index < -0.39 is 0 Å². The van der Waals surface area contributed by atoms with Crippen molar-refractivity contribution in [2.75, 3.05) is 39.8 Å². The minimum absolute atomic E-state index is 0.0333. The number of carbonyl (C=O) groups is 1. The van der Waals surface area contributed by atoms with Crippen LogP contribution in [-0.2, 0) is 13.0 Å². The van der Waals surface area contributed by atoms with Crippen LogP contribution in [0.3, 0.4) is 0 Å². The number of rotatable bonds is 6. The summed E-state index contributed by atoms with van der Waals surface area (Å²) in [5, 5.41) is 2.95. The molecule has 1 aliphatic rings. The van der Waals surface area contributed by atoms with Crippen LogP contribution in [0.15, 0.2) is 48.5 Å². The van der Waals surface area contributed by atoms with E-state index in [1.54, 1.807) is 19.2 Å². The summed E-state index contributed by atoms with van der Waals surface area (Å²) in [4.78, 5) is 16.5. The fourth-order valence-corrected chi connectivity index (χ4v) is 3.26. The predicted molar refractivity (Wildman–Crippen MR) is 103 cm³/mol. The summed E-state index contributed by atoms with van der Waals surface area (Å²) in [6.07, 6.45) is 0.694. The average Bonchev–Trinajstić information content (AvgIpc) is 2.70. The molecule has 0 atom stereocenters. The number of nitrogens with zero attached hydrogens (tertiary/aromatic N) is 2. The van der Waals surface area contributed by atoms with Crippen LogP contribution in [0.1, 0.15) is 11.1 Å². The fourth-order valence-electron chi connectivity index (χ4n) is 3.26. The lowest BCUT2D eigenvalue weighted by Gasteiger charge is -2.34. The molecular weight excluding hydrogens is 345 g/mol. The highest BCUT2D eigenvalue weighted by Gasteiger charge is 2.21. The summed E-state index contributed by atoms with van der Waals surface area (Å²) in [5.41, 5.74) is 2.18. The normalized spacial score (nSPS) is 14.8. The molecule has 6 heteroatoms. The number of halogens is 1. The Morgan fingerprint density at radius 1 is 1.07 bits per heavy atom. The molecule has 0 aliphatic carbocycles. The maximum Gasteiger partial charge on any atom is 0.317 e. The first-order chi connectivity index (χ1) is 13.2. The van der Waals surface area contributed by atoms with Gasteiger partial charge in [0.15, 0.2) is 0 Å². The minimum Gasteiger partial charge on any atom is -0.496 e. The zero-order valence-corrected chi connectivity index (χ0v) is 15.7. The summed E-state index contributed by atoms with van der Waals surface area (Å²) >= 11 is 0. The van der Waals surface area contributed by atoms with Gasteiger partial charge >= 0.3 is 6.03 Å². The average molecular weight is 371 g/mol. The number of amides is 2. The lowest BCUT2D eigenvalue weighted by Crippen LogP contribution is -2.51. The van der Waals surface area contributed by atoms with Crippen LogP contribution in [0.4, 0.5) is 9.18 Å². The molecule has 2 aromatic carbocycles. The number of hydrogen-bond acceptors (Lipinski definition) is 3. The first-order valence-corrected chi connectivity index (χ1v) is 9.27. The number of benzene rings is 2. The number of piperazine rings is 1. The van der Waals surface area contributed by atoms with Gasteiger partial charge in [0.2, 0.25) is 0 Å². The summed E-state index contributed by atoms with van der Waals surface area (Å²) in [6.45, 7) is 4.46. The van der Waals surface area contributed by atoms with Crippen molar-refractivity contribution in [1.82, 2.24) is 15.1 Å². The number of ether oxygens (including phenoxy) is 1. The second kappa shape index (κ2) is 9.37. The van der Waals surface area contributed by atoms with Crippen LogP contribution < -0.4 is 10.1 Å². The SMILES string of the molecule is COc1ccccc1CN1CCN(C(=O)NCCc2ccc(F)cc2)CC1. The van der Waals surface area contributed by atoms with Gasteiger partial charge in [0, 0.05) is 44.8 Å². The molecular formula is C21H26FN3O2. The Balaban J connectivity index is 1.40. The fraction of sp³-hybridized carbons (Fsp3) is 0.381. The van der Waals surface area contributed by atoms with Crippen molar-refractivity contribution in [2.45, 2.75) is 13.0 Å². The molecule has 0 aromatic heterocycles. The third kappa shape index (κ3) is 5.44. The van der Waals surface area contributed by atoms with Gasteiger partial charge in [0.1, 0.15) is 11.6 Å². The highest BCUT2D eigenvalue weighted by Crippen LogP contribution is 2.19. The largest absolute Gasteiger partial charge is 0.496 e. The molecule has 0 radical (unpaired) electrons. The molecule has 1 aliphatic heterocycles. The third-order valence-corrected chi connectivity index (χ3v) is 4.85. The summed E-state index contributed by atoms with van der Waals surface area (Å²) in [6, 6.07) is 14.4. The van der Waals surface area contributed by atoms with E-state index in [0.717, 1.165) is 36.5 Å². The molecule has 2 aromatic rings. The van der Waals surface area contributed by atoms with Crippen LogP contribution >= 0.6 is 0 Å². The van der Waals surface area contributed by atoms with Gasteiger partial charge in [-0.15, -0.1) is 0 Å². The lowest BCUT2D eigenvalue weighted by molar-refractivity contribution is 0.134. The van der Waals surface area contributed by atoms with Crippen LogP contribution in [0.2, 0.25) is 0 Å². The lowest BCUT2D eigenvalue weighted by atomic mass is 10.1. The Morgan fingerprint density at radius 2 is 1.78 bits per heavy atom.